The van der Waals surface area contributed by atoms with Crippen LogP contribution in [0.2, 0.25) is 0 Å². The van der Waals surface area contributed by atoms with Crippen LogP contribution in [0.25, 0.3) is 0 Å². The third-order valence-electron chi connectivity index (χ3n) is 2.46. The molecule has 0 rings (SSSR count). The molecule has 0 saturated carbocycles. The highest BCUT2D eigenvalue weighted by molar-refractivity contribution is 9.10. The minimum absolute atomic E-state index is 0.477. The maximum absolute atomic E-state index is 11.1. The molecule has 2 N–H and O–H groups in total. The molecule has 4 nitrogen and oxygen atoms in total. The van der Waals surface area contributed by atoms with Crippen LogP contribution >= 0.6 is 15.9 Å². The van der Waals surface area contributed by atoms with Crippen LogP contribution in [0.5, 0.6) is 0 Å². The van der Waals surface area contributed by atoms with Crippen molar-refractivity contribution in [2.45, 2.75) is 43.2 Å². The summed E-state index contributed by atoms with van der Waals surface area (Å²) in [5, 5.41) is 0. The van der Waals surface area contributed by atoms with Crippen LogP contribution in [-0.2, 0) is 14.3 Å². The van der Waals surface area contributed by atoms with E-state index in [1.54, 1.807) is 0 Å². The molecule has 0 aliphatic carbocycles. The summed E-state index contributed by atoms with van der Waals surface area (Å²) in [7, 11) is 3.04. The molecule has 0 aromatic heterocycles. The Morgan fingerprint density at radius 1 is 1.40 bits per heavy atom. The molecule has 0 fully saturated rings. The fraction of sp³-hybridized carbons (Fsp3) is 0.900. The van der Waals surface area contributed by atoms with Gasteiger partial charge in [0.2, 0.25) is 5.91 Å². The summed E-state index contributed by atoms with van der Waals surface area (Å²) in [5.74, 6) is -1.42. The largest absolute Gasteiger partial charge is 0.369 e. The molecular weight excluding hydrogens is 262 g/mol. The number of primary amides is 1. The summed E-state index contributed by atoms with van der Waals surface area (Å²) < 4.78 is 10.6. The van der Waals surface area contributed by atoms with Gasteiger partial charge in [0.25, 0.3) is 0 Å². The van der Waals surface area contributed by atoms with E-state index in [-0.39, 0.29) is 0 Å². The molecule has 15 heavy (non-hydrogen) atoms. The standard InChI is InChI=1S/C10H20BrNO3/c1-4-5-6-7-10(14-2,15-3)8(11)9(12)13/h8H,4-7H2,1-3H3,(H2,12,13). The van der Waals surface area contributed by atoms with Crippen molar-refractivity contribution in [1.82, 2.24) is 0 Å². The molecule has 1 atom stereocenters. The minimum atomic E-state index is -0.943. The zero-order valence-corrected chi connectivity index (χ0v) is 11.2. The lowest BCUT2D eigenvalue weighted by molar-refractivity contribution is -0.209. The average Bonchev–Trinajstić information content (AvgIpc) is 2.24. The smallest absolute Gasteiger partial charge is 0.236 e. The Kier molecular flexibility index (Phi) is 7.13. The first-order valence-corrected chi connectivity index (χ1v) is 5.99. The number of rotatable bonds is 8. The van der Waals surface area contributed by atoms with Crippen LogP contribution in [0.1, 0.15) is 32.6 Å². The highest BCUT2D eigenvalue weighted by atomic mass is 79.9. The van der Waals surface area contributed by atoms with Gasteiger partial charge in [0.15, 0.2) is 5.79 Å². The van der Waals surface area contributed by atoms with E-state index in [4.69, 9.17) is 15.2 Å². The normalized spacial score (nSPS) is 13.9. The van der Waals surface area contributed by atoms with Crippen molar-refractivity contribution in [2.24, 2.45) is 5.73 Å². The highest BCUT2D eigenvalue weighted by Gasteiger charge is 2.40. The molecule has 1 amide bonds. The highest BCUT2D eigenvalue weighted by Crippen LogP contribution is 2.29. The van der Waals surface area contributed by atoms with Crippen LogP contribution in [0.3, 0.4) is 0 Å². The molecule has 0 bridgehead atoms. The van der Waals surface area contributed by atoms with Gasteiger partial charge in [-0.2, -0.15) is 0 Å². The van der Waals surface area contributed by atoms with Crippen molar-refractivity contribution in [1.29, 1.82) is 0 Å². The van der Waals surface area contributed by atoms with Gasteiger partial charge in [-0.3, -0.25) is 4.79 Å². The third kappa shape index (κ3) is 4.09. The van der Waals surface area contributed by atoms with Gasteiger partial charge in [0.05, 0.1) is 0 Å². The number of hydrogen-bond donors (Lipinski definition) is 1. The first kappa shape index (κ1) is 14.9. The third-order valence-corrected chi connectivity index (χ3v) is 3.60. The number of unbranched alkanes of at least 4 members (excludes halogenated alkanes) is 2. The number of carbonyl (C=O) groups is 1. The molecule has 0 aromatic carbocycles. The van der Waals surface area contributed by atoms with Gasteiger partial charge >= 0.3 is 0 Å². The Morgan fingerprint density at radius 3 is 2.27 bits per heavy atom. The second-order valence-electron chi connectivity index (χ2n) is 3.44. The van der Waals surface area contributed by atoms with E-state index in [2.05, 4.69) is 22.9 Å². The molecule has 0 saturated heterocycles. The molecule has 0 aliphatic rings. The van der Waals surface area contributed by atoms with Crippen LogP contribution in [0, 0.1) is 0 Å². The van der Waals surface area contributed by atoms with Crippen molar-refractivity contribution in [3.05, 3.63) is 0 Å². The van der Waals surface area contributed by atoms with Crippen LogP contribution < -0.4 is 5.73 Å². The van der Waals surface area contributed by atoms with Gasteiger partial charge in [0, 0.05) is 20.6 Å². The summed E-state index contributed by atoms with van der Waals surface area (Å²) in [5.41, 5.74) is 5.23. The molecule has 0 aliphatic heterocycles. The predicted octanol–water partition coefficient (Wildman–Crippen LogP) is 1.80. The quantitative estimate of drug-likeness (QED) is 0.419. The number of alkyl halides is 1. The maximum Gasteiger partial charge on any atom is 0.236 e. The monoisotopic (exact) mass is 281 g/mol. The Morgan fingerprint density at radius 2 is 1.93 bits per heavy atom. The molecule has 0 radical (unpaired) electrons. The molecule has 90 valence electrons. The van der Waals surface area contributed by atoms with Gasteiger partial charge in [0.1, 0.15) is 4.83 Å². The van der Waals surface area contributed by atoms with Gasteiger partial charge < -0.3 is 15.2 Å². The number of amides is 1. The summed E-state index contributed by atoms with van der Waals surface area (Å²) in [4.78, 5) is 10.5. The Hall–Kier alpha value is -0.130. The summed E-state index contributed by atoms with van der Waals surface area (Å²) >= 11 is 3.21. The van der Waals surface area contributed by atoms with E-state index in [0.29, 0.717) is 6.42 Å². The molecule has 0 aromatic rings. The molecular formula is C10H20BrNO3. The number of methoxy groups -OCH3 is 2. The lowest BCUT2D eigenvalue weighted by Gasteiger charge is -2.33. The van der Waals surface area contributed by atoms with Gasteiger partial charge in [-0.25, -0.2) is 0 Å². The fourth-order valence-corrected chi connectivity index (χ4v) is 2.06. The zero-order chi connectivity index (χ0) is 11.9. The lowest BCUT2D eigenvalue weighted by Crippen LogP contribution is -2.49. The summed E-state index contributed by atoms with van der Waals surface area (Å²) in [6.07, 6.45) is 3.76. The Bertz CT molecular complexity index is 195. The summed E-state index contributed by atoms with van der Waals surface area (Å²) in [6.45, 7) is 2.11. The second kappa shape index (κ2) is 7.19. The zero-order valence-electron chi connectivity index (χ0n) is 9.59. The number of hydrogen-bond acceptors (Lipinski definition) is 3. The van der Waals surface area contributed by atoms with E-state index >= 15 is 0 Å². The van der Waals surface area contributed by atoms with Crippen molar-refractivity contribution in [2.75, 3.05) is 14.2 Å². The van der Waals surface area contributed by atoms with Gasteiger partial charge in [-0.1, -0.05) is 35.7 Å². The van der Waals surface area contributed by atoms with Crippen molar-refractivity contribution >= 4 is 21.8 Å². The first-order valence-electron chi connectivity index (χ1n) is 5.07. The number of nitrogens with two attached hydrogens (primary N) is 1. The van der Waals surface area contributed by atoms with Crippen LogP contribution in [0.4, 0.5) is 0 Å². The Balaban J connectivity index is 4.49. The van der Waals surface area contributed by atoms with E-state index in [0.717, 1.165) is 19.3 Å². The number of ether oxygens (including phenoxy) is 2. The average molecular weight is 282 g/mol. The fourth-order valence-electron chi connectivity index (χ4n) is 1.46. The molecule has 1 unspecified atom stereocenters. The van der Waals surface area contributed by atoms with Crippen LogP contribution in [0.15, 0.2) is 0 Å². The SMILES string of the molecule is CCCCCC(OC)(OC)C(Br)C(N)=O. The molecule has 0 heterocycles. The number of carbonyl (C=O) groups excluding carboxylic acids is 1. The van der Waals surface area contributed by atoms with E-state index in [1.807, 2.05) is 0 Å². The van der Waals surface area contributed by atoms with E-state index in [9.17, 15) is 4.79 Å². The Labute approximate surface area is 99.6 Å². The maximum atomic E-state index is 11.1. The molecule has 5 heteroatoms. The summed E-state index contributed by atoms with van der Waals surface area (Å²) in [6, 6.07) is 0. The minimum Gasteiger partial charge on any atom is -0.369 e. The van der Waals surface area contributed by atoms with E-state index < -0.39 is 16.5 Å². The number of halogens is 1. The van der Waals surface area contributed by atoms with Crippen molar-refractivity contribution in [3.8, 4) is 0 Å². The van der Waals surface area contributed by atoms with Gasteiger partial charge in [-0.05, 0) is 6.42 Å². The van der Waals surface area contributed by atoms with Gasteiger partial charge in [-0.15, -0.1) is 0 Å². The molecule has 0 spiro atoms. The topological polar surface area (TPSA) is 61.6 Å². The van der Waals surface area contributed by atoms with Crippen LogP contribution in [-0.4, -0.2) is 30.7 Å². The lowest BCUT2D eigenvalue weighted by atomic mass is 10.0. The predicted molar refractivity (Wildman–Crippen MR) is 62.8 cm³/mol. The first-order chi connectivity index (χ1) is 7.04. The van der Waals surface area contributed by atoms with E-state index in [1.165, 1.54) is 14.2 Å². The second-order valence-corrected chi connectivity index (χ2v) is 4.36. The van der Waals surface area contributed by atoms with Crippen molar-refractivity contribution < 1.29 is 14.3 Å². The van der Waals surface area contributed by atoms with Crippen molar-refractivity contribution in [3.63, 3.8) is 0 Å².